The van der Waals surface area contributed by atoms with Gasteiger partial charge >= 0.3 is 0 Å². The highest BCUT2D eigenvalue weighted by molar-refractivity contribution is 7.99. The van der Waals surface area contributed by atoms with E-state index < -0.39 is 0 Å². The first-order valence-corrected chi connectivity index (χ1v) is 9.35. The van der Waals surface area contributed by atoms with E-state index in [1.54, 1.807) is 23.7 Å². The lowest BCUT2D eigenvalue weighted by molar-refractivity contribution is -0.131. The van der Waals surface area contributed by atoms with Crippen LogP contribution in [0.25, 0.3) is 0 Å². The van der Waals surface area contributed by atoms with Crippen LogP contribution in [0, 0.1) is 5.92 Å². The van der Waals surface area contributed by atoms with Gasteiger partial charge in [-0.15, -0.1) is 11.8 Å². The van der Waals surface area contributed by atoms with Crippen molar-refractivity contribution in [1.29, 1.82) is 0 Å². The van der Waals surface area contributed by atoms with E-state index in [1.165, 1.54) is 0 Å². The molecule has 4 rings (SSSR count). The minimum Gasteiger partial charge on any atom is -0.273 e. The number of hydrazone groups is 1. The fraction of sp³-hybridized carbons (Fsp3) is 0.222. The van der Waals surface area contributed by atoms with Crippen molar-refractivity contribution in [2.45, 2.75) is 17.9 Å². The molecule has 0 saturated heterocycles. The van der Waals surface area contributed by atoms with E-state index in [1.807, 2.05) is 42.5 Å². The van der Waals surface area contributed by atoms with Crippen LogP contribution in [0.5, 0.6) is 0 Å². The maximum atomic E-state index is 12.2. The third kappa shape index (κ3) is 2.63. The number of amides is 1. The summed E-state index contributed by atoms with van der Waals surface area (Å²) in [5.41, 5.74) is 3.03. The SMILES string of the molecule is CC(=O)N1N=C2c3cc(Cl)ccc3SC[C@@H]2[C@@H]1c1ccc(Cl)cc1. The van der Waals surface area contributed by atoms with Crippen molar-refractivity contribution in [3.8, 4) is 0 Å². The van der Waals surface area contributed by atoms with Crippen LogP contribution in [-0.2, 0) is 4.79 Å². The highest BCUT2D eigenvalue weighted by atomic mass is 35.5. The molecule has 2 atom stereocenters. The first-order valence-electron chi connectivity index (χ1n) is 7.61. The number of thioether (sulfide) groups is 1. The number of fused-ring (bicyclic) bond motifs is 3. The zero-order valence-electron chi connectivity index (χ0n) is 12.9. The van der Waals surface area contributed by atoms with Crippen molar-refractivity contribution < 1.29 is 4.79 Å². The molecule has 0 aliphatic carbocycles. The smallest absolute Gasteiger partial charge is 0.240 e. The molecule has 122 valence electrons. The van der Waals surface area contributed by atoms with E-state index in [-0.39, 0.29) is 17.9 Å². The summed E-state index contributed by atoms with van der Waals surface area (Å²) in [5, 5.41) is 7.63. The van der Waals surface area contributed by atoms with Crippen LogP contribution in [-0.4, -0.2) is 22.4 Å². The van der Waals surface area contributed by atoms with Crippen molar-refractivity contribution in [2.24, 2.45) is 11.0 Å². The van der Waals surface area contributed by atoms with Crippen LogP contribution in [0.4, 0.5) is 0 Å². The van der Waals surface area contributed by atoms with E-state index in [0.29, 0.717) is 10.0 Å². The van der Waals surface area contributed by atoms with Gasteiger partial charge < -0.3 is 0 Å². The average Bonchev–Trinajstić information content (AvgIpc) is 2.96. The molecule has 2 aromatic rings. The summed E-state index contributed by atoms with van der Waals surface area (Å²) < 4.78 is 0. The number of rotatable bonds is 1. The lowest BCUT2D eigenvalue weighted by atomic mass is 9.88. The standard InChI is InChI=1S/C18H14Cl2N2OS/c1-10(23)22-18(11-2-4-12(19)5-3-11)15-9-24-16-7-6-13(20)8-14(16)17(15)21-22/h2-8,15,18H,9H2,1H3/t15-,18-/m0/s1. The molecule has 0 radical (unpaired) electrons. The summed E-state index contributed by atoms with van der Waals surface area (Å²) in [6, 6.07) is 13.4. The summed E-state index contributed by atoms with van der Waals surface area (Å²) in [7, 11) is 0. The summed E-state index contributed by atoms with van der Waals surface area (Å²) in [4.78, 5) is 13.3. The second-order valence-corrected chi connectivity index (χ2v) is 7.84. The number of carbonyl (C=O) groups is 1. The van der Waals surface area contributed by atoms with E-state index >= 15 is 0 Å². The van der Waals surface area contributed by atoms with E-state index in [0.717, 1.165) is 27.5 Å². The van der Waals surface area contributed by atoms with Crippen LogP contribution in [0.2, 0.25) is 10.0 Å². The molecule has 2 aromatic carbocycles. The summed E-state index contributed by atoms with van der Waals surface area (Å²) in [6.07, 6.45) is 0. The third-order valence-corrected chi connectivity index (χ3v) is 6.06. The van der Waals surface area contributed by atoms with Gasteiger partial charge in [-0.05, 0) is 35.9 Å². The molecule has 0 saturated carbocycles. The number of hydrogen-bond acceptors (Lipinski definition) is 3. The van der Waals surface area contributed by atoms with Crippen LogP contribution < -0.4 is 0 Å². The Balaban J connectivity index is 1.81. The zero-order valence-corrected chi connectivity index (χ0v) is 15.2. The number of hydrogen-bond donors (Lipinski definition) is 0. The van der Waals surface area contributed by atoms with Gasteiger partial charge in [0.15, 0.2) is 0 Å². The Morgan fingerprint density at radius 2 is 1.88 bits per heavy atom. The fourth-order valence-corrected chi connectivity index (χ4v) is 4.78. The second kappa shape index (κ2) is 6.10. The van der Waals surface area contributed by atoms with Crippen LogP contribution in [0.1, 0.15) is 24.1 Å². The van der Waals surface area contributed by atoms with Crippen LogP contribution in [0.3, 0.4) is 0 Å². The zero-order chi connectivity index (χ0) is 16.8. The maximum absolute atomic E-state index is 12.2. The number of benzene rings is 2. The molecule has 1 amide bonds. The van der Waals surface area contributed by atoms with Gasteiger partial charge in [0.25, 0.3) is 0 Å². The second-order valence-electron chi connectivity index (χ2n) is 5.90. The lowest BCUT2D eigenvalue weighted by Gasteiger charge is -2.29. The molecule has 0 unspecified atom stereocenters. The monoisotopic (exact) mass is 376 g/mol. The minimum atomic E-state index is -0.102. The third-order valence-electron chi connectivity index (χ3n) is 4.38. The average molecular weight is 377 g/mol. The Labute approximate surface area is 154 Å². The fourth-order valence-electron chi connectivity index (χ4n) is 3.30. The summed E-state index contributed by atoms with van der Waals surface area (Å²) >= 11 is 14.0. The maximum Gasteiger partial charge on any atom is 0.240 e. The van der Waals surface area contributed by atoms with Gasteiger partial charge in [0.1, 0.15) is 0 Å². The van der Waals surface area contributed by atoms with Gasteiger partial charge in [-0.2, -0.15) is 5.10 Å². The number of halogens is 2. The number of carbonyl (C=O) groups excluding carboxylic acids is 1. The van der Waals surface area contributed by atoms with E-state index in [2.05, 4.69) is 5.10 Å². The molecule has 0 bridgehead atoms. The largest absolute Gasteiger partial charge is 0.273 e. The van der Waals surface area contributed by atoms with Gasteiger partial charge in [-0.3, -0.25) is 4.79 Å². The van der Waals surface area contributed by atoms with Gasteiger partial charge in [-0.1, -0.05) is 35.3 Å². The molecule has 0 spiro atoms. The lowest BCUT2D eigenvalue weighted by Crippen LogP contribution is -2.31. The molecule has 2 heterocycles. The summed E-state index contributed by atoms with van der Waals surface area (Å²) in [6.45, 7) is 1.55. The quantitative estimate of drug-likeness (QED) is 0.699. The summed E-state index contributed by atoms with van der Waals surface area (Å²) in [5.74, 6) is 0.960. The first kappa shape index (κ1) is 16.0. The predicted molar refractivity (Wildman–Crippen MR) is 98.9 cm³/mol. The normalized spacial score (nSPS) is 22.0. The van der Waals surface area contributed by atoms with Crippen LogP contribution >= 0.6 is 35.0 Å². The molecular formula is C18H14Cl2N2OS. The molecule has 3 nitrogen and oxygen atoms in total. The molecule has 0 fully saturated rings. The van der Waals surface area contributed by atoms with Gasteiger partial charge in [-0.25, -0.2) is 5.01 Å². The highest BCUT2D eigenvalue weighted by Gasteiger charge is 2.43. The number of nitrogens with zero attached hydrogens (tertiary/aromatic N) is 2. The molecule has 0 aromatic heterocycles. The van der Waals surface area contributed by atoms with Gasteiger partial charge in [0.05, 0.1) is 11.8 Å². The van der Waals surface area contributed by atoms with Crippen molar-refractivity contribution in [3.63, 3.8) is 0 Å². The van der Waals surface area contributed by atoms with Gasteiger partial charge in [0.2, 0.25) is 5.91 Å². The Morgan fingerprint density at radius 1 is 1.17 bits per heavy atom. The van der Waals surface area contributed by atoms with E-state index in [9.17, 15) is 4.79 Å². The highest BCUT2D eigenvalue weighted by Crippen LogP contribution is 2.46. The van der Waals surface area contributed by atoms with Crippen LogP contribution in [0.15, 0.2) is 52.5 Å². The van der Waals surface area contributed by atoms with Gasteiger partial charge in [0, 0.05) is 39.1 Å². The molecular weight excluding hydrogens is 363 g/mol. The predicted octanol–water partition coefficient (Wildman–Crippen LogP) is 5.02. The van der Waals surface area contributed by atoms with Crippen molar-refractivity contribution in [1.82, 2.24) is 5.01 Å². The Hall–Kier alpha value is -1.49. The first-order chi connectivity index (χ1) is 11.5. The molecule has 2 aliphatic rings. The molecule has 6 heteroatoms. The van der Waals surface area contributed by atoms with Crippen molar-refractivity contribution >= 4 is 46.6 Å². The Morgan fingerprint density at radius 3 is 2.58 bits per heavy atom. The molecule has 24 heavy (non-hydrogen) atoms. The Bertz CT molecular complexity index is 851. The van der Waals surface area contributed by atoms with Crippen molar-refractivity contribution in [2.75, 3.05) is 5.75 Å². The Kier molecular flexibility index (Phi) is 4.07. The van der Waals surface area contributed by atoms with E-state index in [4.69, 9.17) is 23.2 Å². The molecule has 2 aliphatic heterocycles. The molecule has 0 N–H and O–H groups in total. The minimum absolute atomic E-state index is 0.0644. The topological polar surface area (TPSA) is 32.7 Å². The van der Waals surface area contributed by atoms with Crippen molar-refractivity contribution in [3.05, 3.63) is 63.6 Å².